The molecule has 0 radical (unpaired) electrons. The van der Waals surface area contributed by atoms with Crippen molar-refractivity contribution >= 4 is 17.9 Å². The number of amides is 2. The Morgan fingerprint density at radius 3 is 2.72 bits per heavy atom. The van der Waals surface area contributed by atoms with Gasteiger partial charge in [-0.3, -0.25) is 9.59 Å². The number of methoxy groups -OCH3 is 1. The molecule has 1 aliphatic rings. The second kappa shape index (κ2) is 8.53. The summed E-state index contributed by atoms with van der Waals surface area (Å²) in [7, 11) is 3.57. The predicted molar refractivity (Wildman–Crippen MR) is 95.4 cm³/mol. The molecule has 1 aromatic rings. The highest BCUT2D eigenvalue weighted by atomic mass is 16.5. The largest absolute Gasteiger partial charge is 0.493 e. The number of hydrogen-bond donors (Lipinski definition) is 1. The van der Waals surface area contributed by atoms with Crippen molar-refractivity contribution < 1.29 is 19.1 Å². The first kappa shape index (κ1) is 18.8. The molecule has 136 valence electrons. The summed E-state index contributed by atoms with van der Waals surface area (Å²) in [6.07, 6.45) is 3.31. The lowest BCUT2D eigenvalue weighted by molar-refractivity contribution is -0.130. The topological polar surface area (TPSA) is 85.1 Å². The molecule has 0 saturated carbocycles. The molecule has 25 heavy (non-hydrogen) atoms. The summed E-state index contributed by atoms with van der Waals surface area (Å²) in [4.78, 5) is 27.3. The van der Waals surface area contributed by atoms with Gasteiger partial charge in [0.05, 0.1) is 7.11 Å². The van der Waals surface area contributed by atoms with Gasteiger partial charge in [-0.1, -0.05) is 6.07 Å². The zero-order valence-corrected chi connectivity index (χ0v) is 14.9. The molecule has 2 rings (SSSR count). The number of ether oxygens (including phenoxy) is 2. The van der Waals surface area contributed by atoms with Crippen molar-refractivity contribution in [2.45, 2.75) is 13.0 Å². The Balaban J connectivity index is 2.05. The van der Waals surface area contributed by atoms with Gasteiger partial charge in [0, 0.05) is 31.8 Å². The molecule has 0 aromatic heterocycles. The number of nitrogens with two attached hydrogens (primary N) is 1. The Labute approximate surface area is 148 Å². The van der Waals surface area contributed by atoms with Gasteiger partial charge in [-0.05, 0) is 37.7 Å². The van der Waals surface area contributed by atoms with Crippen molar-refractivity contribution in [1.82, 2.24) is 9.80 Å². The Morgan fingerprint density at radius 1 is 1.32 bits per heavy atom. The van der Waals surface area contributed by atoms with Crippen LogP contribution in [0.3, 0.4) is 0 Å². The Bertz CT molecular complexity index is 660. The predicted octanol–water partition coefficient (Wildman–Crippen LogP) is 0.735. The summed E-state index contributed by atoms with van der Waals surface area (Å²) in [6, 6.07) is 5.41. The van der Waals surface area contributed by atoms with E-state index in [2.05, 4.69) is 18.9 Å². The molecule has 1 atom stereocenters. The van der Waals surface area contributed by atoms with Crippen LogP contribution in [0.5, 0.6) is 11.5 Å². The zero-order valence-electron chi connectivity index (χ0n) is 14.9. The minimum atomic E-state index is -0.557. The Kier molecular flexibility index (Phi) is 6.41. The number of benzene rings is 1. The highest BCUT2D eigenvalue weighted by Gasteiger charge is 2.24. The molecule has 1 unspecified atom stereocenters. The number of likely N-dealkylation sites (N-methyl/N-ethyl adjacent to an activating group) is 1. The number of nitrogens with zero attached hydrogens (tertiary/aromatic N) is 2. The molecule has 0 bridgehead atoms. The average molecular weight is 347 g/mol. The third-order valence-electron chi connectivity index (χ3n) is 4.09. The van der Waals surface area contributed by atoms with Crippen LogP contribution in [0.25, 0.3) is 6.08 Å². The van der Waals surface area contributed by atoms with Gasteiger partial charge in [0.15, 0.2) is 18.1 Å². The van der Waals surface area contributed by atoms with Gasteiger partial charge in [-0.2, -0.15) is 0 Å². The Morgan fingerprint density at radius 2 is 2.08 bits per heavy atom. The molecular weight excluding hydrogens is 322 g/mol. The van der Waals surface area contributed by atoms with Gasteiger partial charge >= 0.3 is 0 Å². The number of piperazine rings is 1. The quantitative estimate of drug-likeness (QED) is 0.767. The number of carbonyl (C=O) groups is 2. The standard InChI is InChI=1S/C18H25N3O4/c1-13-11-20(2)8-9-21(13)18(23)7-5-14-4-6-15(16(10-14)24-3)25-12-17(19)22/h4-7,10,13H,8-9,11-12H2,1-3H3,(H2,19,22)/b7-5+. The lowest BCUT2D eigenvalue weighted by Gasteiger charge is -2.37. The number of hydrogen-bond acceptors (Lipinski definition) is 5. The summed E-state index contributed by atoms with van der Waals surface area (Å²) < 4.78 is 10.5. The van der Waals surface area contributed by atoms with Crippen LogP contribution in [0.2, 0.25) is 0 Å². The van der Waals surface area contributed by atoms with Crippen LogP contribution in [0.15, 0.2) is 24.3 Å². The van der Waals surface area contributed by atoms with Crippen molar-refractivity contribution in [2.75, 3.05) is 40.4 Å². The monoisotopic (exact) mass is 347 g/mol. The van der Waals surface area contributed by atoms with E-state index >= 15 is 0 Å². The van der Waals surface area contributed by atoms with E-state index in [-0.39, 0.29) is 18.6 Å². The highest BCUT2D eigenvalue weighted by molar-refractivity contribution is 5.92. The minimum Gasteiger partial charge on any atom is -0.493 e. The second-order valence-corrected chi connectivity index (χ2v) is 6.14. The maximum Gasteiger partial charge on any atom is 0.255 e. The van der Waals surface area contributed by atoms with E-state index in [0.29, 0.717) is 11.5 Å². The molecule has 0 spiro atoms. The fourth-order valence-electron chi connectivity index (χ4n) is 2.79. The van der Waals surface area contributed by atoms with Crippen molar-refractivity contribution in [3.63, 3.8) is 0 Å². The lowest BCUT2D eigenvalue weighted by atomic mass is 10.1. The van der Waals surface area contributed by atoms with Crippen LogP contribution in [0.1, 0.15) is 12.5 Å². The molecule has 1 aromatic carbocycles. The normalized spacial score (nSPS) is 18.4. The molecular formula is C18H25N3O4. The van der Waals surface area contributed by atoms with Crippen LogP contribution in [-0.4, -0.2) is 68.1 Å². The Hall–Kier alpha value is -2.54. The first-order valence-electron chi connectivity index (χ1n) is 8.17. The smallest absolute Gasteiger partial charge is 0.255 e. The molecule has 1 fully saturated rings. The van der Waals surface area contributed by atoms with E-state index in [1.165, 1.54) is 7.11 Å². The minimum absolute atomic E-state index is 0.00591. The molecule has 1 aliphatic heterocycles. The van der Waals surface area contributed by atoms with Crippen LogP contribution in [0.4, 0.5) is 0 Å². The van der Waals surface area contributed by atoms with E-state index in [9.17, 15) is 9.59 Å². The molecule has 2 N–H and O–H groups in total. The van der Waals surface area contributed by atoms with E-state index in [4.69, 9.17) is 15.2 Å². The summed E-state index contributed by atoms with van der Waals surface area (Å²) in [5.74, 6) is 0.341. The number of rotatable bonds is 6. The van der Waals surface area contributed by atoms with Crippen LogP contribution >= 0.6 is 0 Å². The molecule has 7 nitrogen and oxygen atoms in total. The molecule has 0 aliphatic carbocycles. The van der Waals surface area contributed by atoms with Crippen molar-refractivity contribution in [3.05, 3.63) is 29.8 Å². The van der Waals surface area contributed by atoms with Crippen molar-refractivity contribution in [3.8, 4) is 11.5 Å². The first-order valence-corrected chi connectivity index (χ1v) is 8.17. The van der Waals surface area contributed by atoms with Crippen molar-refractivity contribution in [2.24, 2.45) is 5.73 Å². The fraction of sp³-hybridized carbons (Fsp3) is 0.444. The highest BCUT2D eigenvalue weighted by Crippen LogP contribution is 2.28. The third-order valence-corrected chi connectivity index (χ3v) is 4.09. The number of carbonyl (C=O) groups excluding carboxylic acids is 2. The third kappa shape index (κ3) is 5.22. The van der Waals surface area contributed by atoms with Gasteiger partial charge in [-0.25, -0.2) is 0 Å². The van der Waals surface area contributed by atoms with E-state index < -0.39 is 5.91 Å². The maximum absolute atomic E-state index is 12.4. The van der Waals surface area contributed by atoms with Crippen LogP contribution in [-0.2, 0) is 9.59 Å². The molecule has 1 saturated heterocycles. The van der Waals surface area contributed by atoms with E-state index in [0.717, 1.165) is 25.2 Å². The van der Waals surface area contributed by atoms with Crippen LogP contribution < -0.4 is 15.2 Å². The molecule has 7 heteroatoms. The van der Waals surface area contributed by atoms with Gasteiger partial charge in [0.2, 0.25) is 5.91 Å². The average Bonchev–Trinajstić information content (AvgIpc) is 2.58. The summed E-state index contributed by atoms with van der Waals surface area (Å²) in [5.41, 5.74) is 5.88. The number of primary amides is 1. The first-order chi connectivity index (χ1) is 11.9. The summed E-state index contributed by atoms with van der Waals surface area (Å²) in [5, 5.41) is 0. The summed E-state index contributed by atoms with van der Waals surface area (Å²) in [6.45, 7) is 4.31. The van der Waals surface area contributed by atoms with Gasteiger partial charge < -0.3 is 25.0 Å². The van der Waals surface area contributed by atoms with Crippen molar-refractivity contribution in [1.29, 1.82) is 0 Å². The van der Waals surface area contributed by atoms with Gasteiger partial charge in [-0.15, -0.1) is 0 Å². The second-order valence-electron chi connectivity index (χ2n) is 6.14. The summed E-state index contributed by atoms with van der Waals surface area (Å²) >= 11 is 0. The van der Waals surface area contributed by atoms with Gasteiger partial charge in [0.25, 0.3) is 5.91 Å². The zero-order chi connectivity index (χ0) is 18.4. The van der Waals surface area contributed by atoms with Gasteiger partial charge in [0.1, 0.15) is 0 Å². The van der Waals surface area contributed by atoms with Crippen LogP contribution in [0, 0.1) is 0 Å². The SMILES string of the molecule is COc1cc(/C=C/C(=O)N2CCN(C)CC2C)ccc1OCC(N)=O. The molecule has 1 heterocycles. The lowest BCUT2D eigenvalue weighted by Crippen LogP contribution is -2.52. The maximum atomic E-state index is 12.4. The fourth-order valence-corrected chi connectivity index (χ4v) is 2.79. The molecule has 2 amide bonds. The van der Waals surface area contributed by atoms with E-state index in [1.54, 1.807) is 30.4 Å². The van der Waals surface area contributed by atoms with E-state index in [1.807, 2.05) is 4.90 Å².